The first-order valence-electron chi connectivity index (χ1n) is 10.7. The van der Waals surface area contributed by atoms with Gasteiger partial charge in [0.15, 0.2) is 0 Å². The van der Waals surface area contributed by atoms with Crippen LogP contribution < -0.4 is 21.5 Å². The summed E-state index contributed by atoms with van der Waals surface area (Å²) in [7, 11) is 1.50. The summed E-state index contributed by atoms with van der Waals surface area (Å²) < 4.78 is 6.13. The van der Waals surface area contributed by atoms with Crippen LogP contribution in [0.3, 0.4) is 0 Å². The Morgan fingerprint density at radius 2 is 2.03 bits per heavy atom. The molecule has 11 heteroatoms. The number of anilines is 1. The number of aromatic nitrogens is 4. The van der Waals surface area contributed by atoms with E-state index in [1.807, 2.05) is 0 Å². The van der Waals surface area contributed by atoms with E-state index in [4.69, 9.17) is 4.52 Å². The number of nitrogens with one attached hydrogen (secondary N) is 3. The molecule has 33 heavy (non-hydrogen) atoms. The van der Waals surface area contributed by atoms with E-state index < -0.39 is 0 Å². The average molecular weight is 451 g/mol. The highest BCUT2D eigenvalue weighted by molar-refractivity contribution is 5.92. The molecular formula is C22H25N7O4. The first-order valence-corrected chi connectivity index (χ1v) is 10.7. The first kappa shape index (κ1) is 22.2. The predicted octanol–water partition coefficient (Wildman–Crippen LogP) is 1.29. The molecule has 1 fully saturated rings. The molecule has 3 N–H and O–H groups in total. The largest absolute Gasteiger partial charge is 0.367 e. The highest BCUT2D eigenvalue weighted by atomic mass is 16.5. The number of carbonyl (C=O) groups is 2. The van der Waals surface area contributed by atoms with Crippen LogP contribution in [-0.2, 0) is 0 Å². The molecule has 172 valence electrons. The third-order valence-corrected chi connectivity index (χ3v) is 5.55. The number of carbonyl (C=O) groups excluding carboxylic acids is 2. The normalized spacial score (nSPS) is 17.5. The first-order chi connectivity index (χ1) is 15.9. The summed E-state index contributed by atoms with van der Waals surface area (Å²) in [5, 5.41) is 16.6. The molecule has 0 unspecified atom stereocenters. The van der Waals surface area contributed by atoms with Gasteiger partial charge >= 0.3 is 0 Å². The number of nitrogens with zero attached hydrogens (tertiary/aromatic N) is 4. The number of pyridine rings is 1. The second-order valence-electron chi connectivity index (χ2n) is 8.01. The molecule has 1 aliphatic rings. The average Bonchev–Trinajstić information content (AvgIpc) is 3.46. The van der Waals surface area contributed by atoms with Crippen molar-refractivity contribution in [3.63, 3.8) is 0 Å². The molecule has 11 nitrogen and oxygen atoms in total. The van der Waals surface area contributed by atoms with Crippen molar-refractivity contribution in [2.75, 3.05) is 18.9 Å². The molecule has 2 atom stereocenters. The Morgan fingerprint density at radius 3 is 2.73 bits per heavy atom. The van der Waals surface area contributed by atoms with Gasteiger partial charge in [0.05, 0.1) is 17.6 Å². The Balaban J connectivity index is 1.32. The summed E-state index contributed by atoms with van der Waals surface area (Å²) in [5.74, 6) is 0.622. The lowest BCUT2D eigenvalue weighted by Crippen LogP contribution is -2.28. The van der Waals surface area contributed by atoms with Crippen molar-refractivity contribution in [2.24, 2.45) is 5.92 Å². The van der Waals surface area contributed by atoms with Gasteiger partial charge in [-0.25, -0.2) is 4.98 Å². The lowest BCUT2D eigenvalue weighted by molar-refractivity contribution is 0.0909. The lowest BCUT2D eigenvalue weighted by atomic mass is 10.1. The fourth-order valence-corrected chi connectivity index (χ4v) is 3.84. The van der Waals surface area contributed by atoms with Crippen molar-refractivity contribution >= 4 is 17.6 Å². The standard InChI is InChI=1S/C22H25N7O4/c1-13-9-18(33-28-13)22(32)25-11-14-3-4-15(10-14)26-19-7-5-16(12-24-19)29-20(30)8-6-17(27-29)21(31)23-2/h5-9,12,14-15H,3-4,10-11H2,1-2H3,(H,23,31)(H,24,26)(H,25,32)/t14-,15+/m1/s1. The van der Waals surface area contributed by atoms with Gasteiger partial charge in [-0.05, 0) is 50.3 Å². The smallest absolute Gasteiger partial charge is 0.289 e. The van der Waals surface area contributed by atoms with Crippen molar-refractivity contribution in [1.29, 1.82) is 0 Å². The number of rotatable bonds is 7. The molecule has 3 heterocycles. The fourth-order valence-electron chi connectivity index (χ4n) is 3.84. The minimum atomic E-state index is -0.377. The van der Waals surface area contributed by atoms with Crippen LogP contribution >= 0.6 is 0 Å². The highest BCUT2D eigenvalue weighted by Crippen LogP contribution is 2.27. The number of hydrogen-bond acceptors (Lipinski definition) is 8. The van der Waals surface area contributed by atoms with E-state index >= 15 is 0 Å². The van der Waals surface area contributed by atoms with Crippen molar-refractivity contribution in [2.45, 2.75) is 32.2 Å². The Hall–Kier alpha value is -4.02. The summed E-state index contributed by atoms with van der Waals surface area (Å²) in [5.41, 5.74) is 0.919. The van der Waals surface area contributed by atoms with Gasteiger partial charge in [-0.15, -0.1) is 0 Å². The molecule has 2 amide bonds. The summed E-state index contributed by atoms with van der Waals surface area (Å²) in [6, 6.07) is 8.02. The van der Waals surface area contributed by atoms with Crippen molar-refractivity contribution in [3.05, 3.63) is 64.0 Å². The van der Waals surface area contributed by atoms with E-state index in [0.29, 0.717) is 29.7 Å². The van der Waals surface area contributed by atoms with Crippen LogP contribution in [-0.4, -0.2) is 51.4 Å². The molecule has 0 aliphatic heterocycles. The monoisotopic (exact) mass is 451 g/mol. The van der Waals surface area contributed by atoms with Crippen LogP contribution in [0.15, 0.2) is 45.8 Å². The lowest BCUT2D eigenvalue weighted by Gasteiger charge is -2.15. The molecule has 3 aromatic heterocycles. The van der Waals surface area contributed by atoms with Crippen LogP contribution in [0.25, 0.3) is 5.69 Å². The van der Waals surface area contributed by atoms with E-state index in [-0.39, 0.29) is 34.9 Å². The molecule has 1 saturated carbocycles. The van der Waals surface area contributed by atoms with E-state index in [1.54, 1.807) is 25.1 Å². The van der Waals surface area contributed by atoms with Gasteiger partial charge in [0.1, 0.15) is 11.5 Å². The minimum Gasteiger partial charge on any atom is -0.367 e. The summed E-state index contributed by atoms with van der Waals surface area (Å²) in [4.78, 5) is 40.5. The van der Waals surface area contributed by atoms with Crippen molar-refractivity contribution < 1.29 is 14.1 Å². The Morgan fingerprint density at radius 1 is 1.18 bits per heavy atom. The number of hydrogen-bond donors (Lipinski definition) is 3. The zero-order chi connectivity index (χ0) is 23.4. The molecule has 0 spiro atoms. The van der Waals surface area contributed by atoms with Crippen LogP contribution in [0.2, 0.25) is 0 Å². The highest BCUT2D eigenvalue weighted by Gasteiger charge is 2.25. The van der Waals surface area contributed by atoms with Gasteiger partial charge in [0, 0.05) is 31.8 Å². The Bertz CT molecular complexity index is 1200. The van der Waals surface area contributed by atoms with Crippen LogP contribution in [0.4, 0.5) is 5.82 Å². The van der Waals surface area contributed by atoms with Crippen LogP contribution in [0.5, 0.6) is 0 Å². The van der Waals surface area contributed by atoms with E-state index in [1.165, 1.54) is 25.4 Å². The zero-order valence-corrected chi connectivity index (χ0v) is 18.4. The molecule has 3 aromatic rings. The topological polar surface area (TPSA) is 144 Å². The second-order valence-corrected chi connectivity index (χ2v) is 8.01. The predicted molar refractivity (Wildman–Crippen MR) is 119 cm³/mol. The zero-order valence-electron chi connectivity index (χ0n) is 18.4. The third-order valence-electron chi connectivity index (χ3n) is 5.55. The maximum atomic E-state index is 12.2. The van der Waals surface area contributed by atoms with Crippen molar-refractivity contribution in [1.82, 2.24) is 30.6 Å². The van der Waals surface area contributed by atoms with Gasteiger partial charge in [-0.2, -0.15) is 9.78 Å². The van der Waals surface area contributed by atoms with Crippen LogP contribution in [0.1, 0.15) is 46.0 Å². The van der Waals surface area contributed by atoms with Gasteiger partial charge in [-0.1, -0.05) is 5.16 Å². The molecule has 0 saturated heterocycles. The maximum absolute atomic E-state index is 12.2. The van der Waals surface area contributed by atoms with E-state index in [0.717, 1.165) is 23.9 Å². The van der Waals surface area contributed by atoms with Gasteiger partial charge in [-0.3, -0.25) is 14.4 Å². The molecule has 1 aliphatic carbocycles. The fraction of sp³-hybridized carbons (Fsp3) is 0.364. The number of amides is 2. The summed E-state index contributed by atoms with van der Waals surface area (Å²) in [6.07, 6.45) is 4.38. The summed E-state index contributed by atoms with van der Waals surface area (Å²) in [6.45, 7) is 2.34. The second kappa shape index (κ2) is 9.63. The van der Waals surface area contributed by atoms with Gasteiger partial charge in [0.25, 0.3) is 17.4 Å². The third kappa shape index (κ3) is 5.25. The quantitative estimate of drug-likeness (QED) is 0.487. The molecule has 0 radical (unpaired) electrons. The van der Waals surface area contributed by atoms with E-state index in [2.05, 4.69) is 31.2 Å². The van der Waals surface area contributed by atoms with E-state index in [9.17, 15) is 14.4 Å². The maximum Gasteiger partial charge on any atom is 0.289 e. The van der Waals surface area contributed by atoms with Gasteiger partial charge < -0.3 is 20.5 Å². The SMILES string of the molecule is CNC(=O)c1ccc(=O)n(-c2ccc(N[C@H]3CC[C@@H](CNC(=O)c4cc(C)no4)C3)nc2)n1. The molecule has 0 aromatic carbocycles. The Labute approximate surface area is 189 Å². The summed E-state index contributed by atoms with van der Waals surface area (Å²) >= 11 is 0. The Kier molecular flexibility index (Phi) is 6.48. The molecule has 4 rings (SSSR count). The van der Waals surface area contributed by atoms with Gasteiger partial charge in [0.2, 0.25) is 5.76 Å². The van der Waals surface area contributed by atoms with Crippen molar-refractivity contribution in [3.8, 4) is 5.69 Å². The molecule has 0 bridgehead atoms. The van der Waals surface area contributed by atoms with Crippen LogP contribution in [0, 0.1) is 12.8 Å². The minimum absolute atomic E-state index is 0.141. The molecular weight excluding hydrogens is 426 g/mol. The number of aryl methyl sites for hydroxylation is 1.